The number of hydrogen-bond acceptors (Lipinski definition) is 2. The first kappa shape index (κ1) is 19.0. The van der Waals surface area contributed by atoms with E-state index in [9.17, 15) is 0 Å². The van der Waals surface area contributed by atoms with Gasteiger partial charge in [-0.1, -0.05) is 91.0 Å². The third kappa shape index (κ3) is 2.89. The first-order chi connectivity index (χ1) is 16.9. The maximum absolute atomic E-state index is 6.42. The summed E-state index contributed by atoms with van der Waals surface area (Å²) < 4.78 is 6.42. The zero-order chi connectivity index (χ0) is 22.5. The van der Waals surface area contributed by atoms with Gasteiger partial charge in [-0.3, -0.25) is 0 Å². The molecule has 0 aliphatic rings. The van der Waals surface area contributed by atoms with Crippen LogP contribution in [-0.4, -0.2) is 0 Å². The average molecular weight is 436 g/mol. The minimum atomic E-state index is 0.894. The molecule has 0 bridgehead atoms. The summed E-state index contributed by atoms with van der Waals surface area (Å²) >= 11 is 0. The summed E-state index contributed by atoms with van der Waals surface area (Å²) in [7, 11) is 0. The first-order valence-corrected chi connectivity index (χ1v) is 11.5. The molecule has 7 rings (SSSR count). The molecule has 1 heterocycles. The van der Waals surface area contributed by atoms with Crippen molar-refractivity contribution in [2.24, 2.45) is 0 Å². The van der Waals surface area contributed by atoms with E-state index >= 15 is 0 Å². The van der Waals surface area contributed by atoms with Gasteiger partial charge in [0.05, 0.1) is 5.69 Å². The van der Waals surface area contributed by atoms with Gasteiger partial charge in [-0.05, 0) is 57.9 Å². The van der Waals surface area contributed by atoms with E-state index in [0.29, 0.717) is 0 Å². The number of nitrogens with zero attached hydrogens (tertiary/aromatic N) is 1. The lowest BCUT2D eigenvalue weighted by atomic mass is 10.0. The molecular weight excluding hydrogens is 414 g/mol. The summed E-state index contributed by atoms with van der Waals surface area (Å²) in [4.78, 5) is 2.30. The molecule has 2 nitrogen and oxygen atoms in total. The lowest BCUT2D eigenvalue weighted by Gasteiger charge is -2.26. The Morgan fingerprint density at radius 2 is 1.12 bits per heavy atom. The molecule has 1 aromatic heterocycles. The van der Waals surface area contributed by atoms with Gasteiger partial charge in [-0.25, -0.2) is 0 Å². The Bertz CT molecular complexity index is 1810. The number of hydrogen-bond donors (Lipinski definition) is 0. The summed E-state index contributed by atoms with van der Waals surface area (Å²) in [5, 5.41) is 7.25. The molecule has 6 aromatic carbocycles. The third-order valence-corrected chi connectivity index (χ3v) is 6.63. The van der Waals surface area contributed by atoms with Crippen LogP contribution in [0.5, 0.6) is 0 Å². The summed E-state index contributed by atoms with van der Waals surface area (Å²) in [5.74, 6) is 0. The number of anilines is 3. The van der Waals surface area contributed by atoms with Gasteiger partial charge in [0.1, 0.15) is 5.58 Å². The van der Waals surface area contributed by atoms with Crippen molar-refractivity contribution in [1.82, 2.24) is 0 Å². The molecule has 0 saturated heterocycles. The molecule has 0 radical (unpaired) electrons. The van der Waals surface area contributed by atoms with E-state index in [4.69, 9.17) is 4.42 Å². The molecule has 0 unspecified atom stereocenters. The van der Waals surface area contributed by atoms with E-state index in [1.54, 1.807) is 0 Å². The zero-order valence-electron chi connectivity index (χ0n) is 18.5. The molecule has 0 spiro atoms. The predicted octanol–water partition coefficient (Wildman–Crippen LogP) is 9.36. The monoisotopic (exact) mass is 435 g/mol. The Kier molecular flexibility index (Phi) is 4.18. The van der Waals surface area contributed by atoms with Gasteiger partial charge in [0.2, 0.25) is 0 Å². The van der Waals surface area contributed by atoms with Crippen LogP contribution in [0.25, 0.3) is 43.5 Å². The number of para-hydroxylation sites is 3. The maximum atomic E-state index is 6.42. The van der Waals surface area contributed by atoms with Gasteiger partial charge < -0.3 is 9.32 Å². The van der Waals surface area contributed by atoms with Crippen LogP contribution < -0.4 is 4.90 Å². The molecule has 0 amide bonds. The molecule has 34 heavy (non-hydrogen) atoms. The molecule has 0 aliphatic heterocycles. The van der Waals surface area contributed by atoms with Crippen LogP contribution in [0, 0.1) is 0 Å². The van der Waals surface area contributed by atoms with Gasteiger partial charge in [-0.2, -0.15) is 0 Å². The highest BCUT2D eigenvalue weighted by molar-refractivity contribution is 6.12. The first-order valence-electron chi connectivity index (χ1n) is 11.5. The lowest BCUT2D eigenvalue weighted by molar-refractivity contribution is 0.669. The summed E-state index contributed by atoms with van der Waals surface area (Å²) in [6, 6.07) is 44.8. The van der Waals surface area contributed by atoms with E-state index in [2.05, 4.69) is 120 Å². The number of rotatable bonds is 3. The standard InChI is InChI=1S/C32H21NO/c1-2-10-24(11-3-1)33(30-15-8-14-28-27-13-6-7-16-31(27)34-32(28)30)25-20-19-23-18-17-22-9-4-5-12-26(22)29(23)21-25/h1-21H. The summed E-state index contributed by atoms with van der Waals surface area (Å²) in [6.45, 7) is 0. The van der Waals surface area contributed by atoms with Crippen molar-refractivity contribution >= 4 is 60.5 Å². The second-order valence-electron chi connectivity index (χ2n) is 8.62. The van der Waals surface area contributed by atoms with Crippen molar-refractivity contribution in [2.45, 2.75) is 0 Å². The third-order valence-electron chi connectivity index (χ3n) is 6.63. The molecule has 160 valence electrons. The van der Waals surface area contributed by atoms with Crippen molar-refractivity contribution < 1.29 is 4.42 Å². The molecule has 0 saturated carbocycles. The topological polar surface area (TPSA) is 16.4 Å². The van der Waals surface area contributed by atoms with Gasteiger partial charge >= 0.3 is 0 Å². The minimum absolute atomic E-state index is 0.894. The molecular formula is C32H21NO. The van der Waals surface area contributed by atoms with Crippen LogP contribution in [-0.2, 0) is 0 Å². The van der Waals surface area contributed by atoms with Gasteiger partial charge in [0.15, 0.2) is 5.58 Å². The molecule has 0 N–H and O–H groups in total. The van der Waals surface area contributed by atoms with E-state index < -0.39 is 0 Å². The van der Waals surface area contributed by atoms with Crippen molar-refractivity contribution in [3.8, 4) is 0 Å². The highest BCUT2D eigenvalue weighted by Gasteiger charge is 2.19. The van der Waals surface area contributed by atoms with Gasteiger partial charge in [0.25, 0.3) is 0 Å². The zero-order valence-corrected chi connectivity index (χ0v) is 18.5. The Labute approximate surface area is 197 Å². The van der Waals surface area contributed by atoms with E-state index in [1.807, 2.05) is 12.1 Å². The second-order valence-corrected chi connectivity index (χ2v) is 8.62. The van der Waals surface area contributed by atoms with Crippen molar-refractivity contribution in [2.75, 3.05) is 4.90 Å². The highest BCUT2D eigenvalue weighted by Crippen LogP contribution is 2.42. The largest absolute Gasteiger partial charge is 0.454 e. The normalized spacial score (nSPS) is 11.5. The smallest absolute Gasteiger partial charge is 0.159 e. The molecule has 0 fully saturated rings. The van der Waals surface area contributed by atoms with Gasteiger partial charge in [0, 0.05) is 22.1 Å². The number of benzene rings is 6. The fourth-order valence-electron chi connectivity index (χ4n) is 5.04. The molecule has 2 heteroatoms. The van der Waals surface area contributed by atoms with Crippen LogP contribution in [0.1, 0.15) is 0 Å². The van der Waals surface area contributed by atoms with Crippen LogP contribution in [0.3, 0.4) is 0 Å². The van der Waals surface area contributed by atoms with Crippen LogP contribution >= 0.6 is 0 Å². The maximum Gasteiger partial charge on any atom is 0.159 e. The summed E-state index contributed by atoms with van der Waals surface area (Å²) in [5.41, 5.74) is 5.02. The van der Waals surface area contributed by atoms with Crippen LogP contribution in [0.2, 0.25) is 0 Å². The van der Waals surface area contributed by atoms with Crippen molar-refractivity contribution in [1.29, 1.82) is 0 Å². The molecule has 7 aromatic rings. The summed E-state index contributed by atoms with van der Waals surface area (Å²) in [6.07, 6.45) is 0. The predicted molar refractivity (Wildman–Crippen MR) is 143 cm³/mol. The fraction of sp³-hybridized carbons (Fsp3) is 0. The van der Waals surface area contributed by atoms with E-state index in [1.165, 1.54) is 21.5 Å². The Balaban J connectivity index is 1.54. The Morgan fingerprint density at radius 1 is 0.441 bits per heavy atom. The van der Waals surface area contributed by atoms with Crippen LogP contribution in [0.15, 0.2) is 132 Å². The van der Waals surface area contributed by atoms with Crippen LogP contribution in [0.4, 0.5) is 17.1 Å². The molecule has 0 atom stereocenters. The highest BCUT2D eigenvalue weighted by atomic mass is 16.3. The van der Waals surface area contributed by atoms with E-state index in [0.717, 1.165) is 39.0 Å². The Hall–Kier alpha value is -4.56. The SMILES string of the molecule is c1ccc(N(c2ccc3ccc4ccccc4c3c2)c2cccc3c2oc2ccccc23)cc1. The fourth-order valence-corrected chi connectivity index (χ4v) is 5.04. The molecule has 0 aliphatic carbocycles. The van der Waals surface area contributed by atoms with Gasteiger partial charge in [-0.15, -0.1) is 0 Å². The minimum Gasteiger partial charge on any atom is -0.454 e. The Morgan fingerprint density at radius 3 is 2.00 bits per heavy atom. The lowest BCUT2D eigenvalue weighted by Crippen LogP contribution is -2.10. The average Bonchev–Trinajstić information content (AvgIpc) is 3.29. The number of fused-ring (bicyclic) bond motifs is 6. The van der Waals surface area contributed by atoms with E-state index in [-0.39, 0.29) is 0 Å². The van der Waals surface area contributed by atoms with Crippen molar-refractivity contribution in [3.05, 3.63) is 127 Å². The van der Waals surface area contributed by atoms with Crippen molar-refractivity contribution in [3.63, 3.8) is 0 Å². The quantitative estimate of drug-likeness (QED) is 0.257. The second kappa shape index (κ2) is 7.50. The number of furan rings is 1.